The molecule has 0 spiro atoms. The summed E-state index contributed by atoms with van der Waals surface area (Å²) >= 11 is 0. The maximum atomic E-state index is 6.52. The molecule has 0 saturated carbocycles. The van der Waals surface area contributed by atoms with Gasteiger partial charge >= 0.3 is 0 Å². The van der Waals surface area contributed by atoms with Gasteiger partial charge in [-0.1, -0.05) is 109 Å². The molecule has 10 rings (SSSR count). The number of benzene rings is 7. The molecule has 7 aromatic carbocycles. The van der Waals surface area contributed by atoms with E-state index < -0.39 is 0 Å². The van der Waals surface area contributed by atoms with Crippen molar-refractivity contribution >= 4 is 54.6 Å². The van der Waals surface area contributed by atoms with E-state index in [9.17, 15) is 0 Å². The van der Waals surface area contributed by atoms with Crippen LogP contribution in [0.4, 0.5) is 0 Å². The van der Waals surface area contributed by atoms with E-state index in [0.29, 0.717) is 17.5 Å². The lowest BCUT2D eigenvalue weighted by molar-refractivity contribution is 0.668. The lowest BCUT2D eigenvalue weighted by Gasteiger charge is -2.12. The zero-order valence-electron chi connectivity index (χ0n) is 25.6. The van der Waals surface area contributed by atoms with E-state index >= 15 is 0 Å². The van der Waals surface area contributed by atoms with Crippen LogP contribution < -0.4 is 0 Å². The average Bonchev–Trinajstić information content (AvgIpc) is 3.72. The van der Waals surface area contributed by atoms with Crippen LogP contribution in [0.5, 0.6) is 0 Å². The van der Waals surface area contributed by atoms with Gasteiger partial charge in [0, 0.05) is 38.2 Å². The second-order valence-corrected chi connectivity index (χ2v) is 12.0. The van der Waals surface area contributed by atoms with Crippen LogP contribution in [0.2, 0.25) is 0 Å². The molecule has 5 heteroatoms. The van der Waals surface area contributed by atoms with Crippen LogP contribution in [0.15, 0.2) is 160 Å². The van der Waals surface area contributed by atoms with Gasteiger partial charge in [-0.05, 0) is 64.4 Å². The molecule has 0 aliphatic heterocycles. The maximum Gasteiger partial charge on any atom is 0.164 e. The predicted molar refractivity (Wildman–Crippen MR) is 194 cm³/mol. The van der Waals surface area contributed by atoms with E-state index in [0.717, 1.165) is 71.7 Å². The van der Waals surface area contributed by atoms with Gasteiger partial charge in [0.25, 0.3) is 0 Å². The molecule has 0 bridgehead atoms. The van der Waals surface area contributed by atoms with Crippen LogP contribution >= 0.6 is 0 Å². The van der Waals surface area contributed by atoms with E-state index in [2.05, 4.69) is 72.8 Å². The Labute approximate surface area is 274 Å². The van der Waals surface area contributed by atoms with Crippen LogP contribution in [-0.2, 0) is 0 Å². The predicted octanol–water partition coefficient (Wildman–Crippen LogP) is 11.5. The molecule has 3 heterocycles. The summed E-state index contributed by atoms with van der Waals surface area (Å²) in [6.07, 6.45) is 0. The Morgan fingerprint density at radius 1 is 0.333 bits per heavy atom. The van der Waals surface area contributed by atoms with Gasteiger partial charge < -0.3 is 8.83 Å². The number of rotatable bonds is 4. The minimum Gasteiger partial charge on any atom is -0.456 e. The van der Waals surface area contributed by atoms with Crippen LogP contribution in [0.3, 0.4) is 0 Å². The van der Waals surface area contributed by atoms with Crippen molar-refractivity contribution in [3.8, 4) is 45.3 Å². The first-order chi connectivity index (χ1) is 23.8. The van der Waals surface area contributed by atoms with Crippen molar-refractivity contribution in [1.29, 1.82) is 0 Å². The van der Waals surface area contributed by atoms with Crippen molar-refractivity contribution in [2.45, 2.75) is 0 Å². The smallest absolute Gasteiger partial charge is 0.164 e. The van der Waals surface area contributed by atoms with E-state index in [1.54, 1.807) is 0 Å². The monoisotopic (exact) mass is 615 g/mol. The highest BCUT2D eigenvalue weighted by Crippen LogP contribution is 2.41. The lowest BCUT2D eigenvalue weighted by atomic mass is 9.94. The molecular weight excluding hydrogens is 590 g/mol. The van der Waals surface area contributed by atoms with Crippen LogP contribution in [0.1, 0.15) is 0 Å². The zero-order valence-corrected chi connectivity index (χ0v) is 25.6. The third-order valence-electron chi connectivity index (χ3n) is 9.12. The molecule has 5 nitrogen and oxygen atoms in total. The Hall–Kier alpha value is -6.59. The molecule has 10 aromatic rings. The van der Waals surface area contributed by atoms with E-state index in [-0.39, 0.29) is 0 Å². The summed E-state index contributed by atoms with van der Waals surface area (Å²) < 4.78 is 12.6. The van der Waals surface area contributed by atoms with Gasteiger partial charge in [-0.3, -0.25) is 0 Å². The number of aromatic nitrogens is 3. The lowest BCUT2D eigenvalue weighted by Crippen LogP contribution is -2.00. The Morgan fingerprint density at radius 2 is 0.958 bits per heavy atom. The molecular formula is C43H25N3O2. The van der Waals surface area contributed by atoms with E-state index in [1.165, 1.54) is 10.8 Å². The molecule has 0 aliphatic carbocycles. The molecule has 0 amide bonds. The number of hydrogen-bond donors (Lipinski definition) is 0. The largest absolute Gasteiger partial charge is 0.456 e. The fraction of sp³-hybridized carbons (Fsp3) is 0. The van der Waals surface area contributed by atoms with Crippen LogP contribution in [0.25, 0.3) is 99.9 Å². The Kier molecular flexibility index (Phi) is 5.81. The molecule has 0 unspecified atom stereocenters. The minimum absolute atomic E-state index is 0.578. The molecule has 0 fully saturated rings. The third-order valence-corrected chi connectivity index (χ3v) is 9.12. The quantitative estimate of drug-likeness (QED) is 0.197. The van der Waals surface area contributed by atoms with Gasteiger partial charge in [-0.25, -0.2) is 15.0 Å². The summed E-state index contributed by atoms with van der Waals surface area (Å²) in [5, 5.41) is 6.41. The van der Waals surface area contributed by atoms with Crippen molar-refractivity contribution in [3.63, 3.8) is 0 Å². The highest BCUT2D eigenvalue weighted by Gasteiger charge is 2.20. The van der Waals surface area contributed by atoms with Crippen molar-refractivity contribution < 1.29 is 8.83 Å². The standard InChI is InChI=1S/C43H25N3O2/c1-2-12-27(13-3-1)41-44-42(28-21-22-38-34(23-28)32-16-6-8-19-36(32)47-38)46-43(45-41)35-24-29(31-18-10-14-26-11-4-5-15-30(26)31)25-39-40(35)33-17-7-9-20-37(33)48-39/h1-25H. The molecule has 0 radical (unpaired) electrons. The van der Waals surface area contributed by atoms with Gasteiger partial charge in [0.1, 0.15) is 22.3 Å². The normalized spacial score (nSPS) is 11.8. The summed E-state index contributed by atoms with van der Waals surface area (Å²) in [5.74, 6) is 1.77. The van der Waals surface area contributed by atoms with E-state index in [4.69, 9.17) is 23.8 Å². The second-order valence-electron chi connectivity index (χ2n) is 12.0. The number of furan rings is 2. The fourth-order valence-electron chi connectivity index (χ4n) is 6.87. The summed E-state index contributed by atoms with van der Waals surface area (Å²) in [7, 11) is 0. The number of nitrogens with zero attached hydrogens (tertiary/aromatic N) is 3. The van der Waals surface area contributed by atoms with E-state index in [1.807, 2.05) is 78.9 Å². The molecule has 0 aliphatic rings. The first-order valence-electron chi connectivity index (χ1n) is 15.9. The Balaban J connectivity index is 1.27. The van der Waals surface area contributed by atoms with Gasteiger partial charge in [-0.2, -0.15) is 0 Å². The zero-order chi connectivity index (χ0) is 31.6. The van der Waals surface area contributed by atoms with Gasteiger partial charge in [0.15, 0.2) is 17.5 Å². The maximum absolute atomic E-state index is 6.52. The summed E-state index contributed by atoms with van der Waals surface area (Å²) in [6.45, 7) is 0. The topological polar surface area (TPSA) is 65.0 Å². The molecule has 48 heavy (non-hydrogen) atoms. The van der Waals surface area contributed by atoms with Crippen LogP contribution in [0, 0.1) is 0 Å². The van der Waals surface area contributed by atoms with Crippen LogP contribution in [-0.4, -0.2) is 15.0 Å². The number of hydrogen-bond acceptors (Lipinski definition) is 5. The number of fused-ring (bicyclic) bond motifs is 7. The molecule has 3 aromatic heterocycles. The highest BCUT2D eigenvalue weighted by atomic mass is 16.3. The molecule has 0 atom stereocenters. The van der Waals surface area contributed by atoms with Crippen molar-refractivity contribution in [2.24, 2.45) is 0 Å². The van der Waals surface area contributed by atoms with Crippen molar-refractivity contribution in [2.75, 3.05) is 0 Å². The Morgan fingerprint density at radius 3 is 1.81 bits per heavy atom. The molecule has 0 N–H and O–H groups in total. The summed E-state index contributed by atoms with van der Waals surface area (Å²) in [4.78, 5) is 15.4. The third kappa shape index (κ3) is 4.22. The van der Waals surface area contributed by atoms with Gasteiger partial charge in [-0.15, -0.1) is 0 Å². The average molecular weight is 616 g/mol. The molecule has 224 valence electrons. The Bertz CT molecular complexity index is 2840. The molecule has 0 saturated heterocycles. The minimum atomic E-state index is 0.578. The first-order valence-corrected chi connectivity index (χ1v) is 15.9. The summed E-state index contributed by atoms with van der Waals surface area (Å²) in [6, 6.07) is 51.7. The van der Waals surface area contributed by atoms with Gasteiger partial charge in [0.05, 0.1) is 0 Å². The SMILES string of the molecule is c1ccc(-c2nc(-c3ccc4oc5ccccc5c4c3)nc(-c3cc(-c4cccc5ccccc45)cc4oc5ccccc5c34)n2)cc1. The van der Waals surface area contributed by atoms with Gasteiger partial charge in [0.2, 0.25) is 0 Å². The fourth-order valence-corrected chi connectivity index (χ4v) is 6.87. The number of para-hydroxylation sites is 2. The van der Waals surface area contributed by atoms with Crippen molar-refractivity contribution in [3.05, 3.63) is 152 Å². The summed E-state index contributed by atoms with van der Waals surface area (Å²) in [5.41, 5.74) is 8.11. The second kappa shape index (κ2) is 10.5. The first kappa shape index (κ1) is 26.6. The highest BCUT2D eigenvalue weighted by molar-refractivity contribution is 6.14. The van der Waals surface area contributed by atoms with Crippen molar-refractivity contribution in [1.82, 2.24) is 15.0 Å².